The number of carbonyl (C=O) groups excluding carboxylic acids is 1. The first-order valence-electron chi connectivity index (χ1n) is 5.77. The van der Waals surface area contributed by atoms with E-state index in [9.17, 15) is 4.79 Å². The maximum Gasteiger partial charge on any atom is 0.273 e. The Kier molecular flexibility index (Phi) is 4.06. The number of amides is 1. The lowest BCUT2D eigenvalue weighted by Crippen LogP contribution is -2.22. The van der Waals surface area contributed by atoms with Crippen LogP contribution >= 0.6 is 23.8 Å². The Morgan fingerprint density at radius 3 is 2.70 bits per heavy atom. The molecule has 1 heterocycles. The van der Waals surface area contributed by atoms with Crippen LogP contribution in [0.2, 0.25) is 5.02 Å². The Bertz CT molecular complexity index is 681. The maximum atomic E-state index is 11.8. The third-order valence-corrected chi connectivity index (χ3v) is 3.14. The predicted octanol–water partition coefficient (Wildman–Crippen LogP) is 1.86. The van der Waals surface area contributed by atoms with Gasteiger partial charge >= 0.3 is 0 Å². The van der Waals surface area contributed by atoms with Crippen LogP contribution in [0.25, 0.3) is 5.69 Å². The van der Waals surface area contributed by atoms with E-state index in [4.69, 9.17) is 29.6 Å². The standard InChI is InChI=1S/C13H13ClN4OS/c1-17(2)13(19)10-5-6-18(16-10)11-7-8(14)3-4-9(11)12(15)20/h3-7H,1-2H3,(H2,15,20). The van der Waals surface area contributed by atoms with Gasteiger partial charge in [0.05, 0.1) is 5.69 Å². The lowest BCUT2D eigenvalue weighted by Gasteiger charge is -2.09. The minimum atomic E-state index is -0.178. The summed E-state index contributed by atoms with van der Waals surface area (Å²) in [4.78, 5) is 13.5. The normalized spacial score (nSPS) is 10.3. The third-order valence-electron chi connectivity index (χ3n) is 2.69. The van der Waals surface area contributed by atoms with E-state index in [1.807, 2.05) is 0 Å². The van der Waals surface area contributed by atoms with Crippen LogP contribution in [-0.2, 0) is 0 Å². The summed E-state index contributed by atoms with van der Waals surface area (Å²) in [5.74, 6) is -0.178. The van der Waals surface area contributed by atoms with Gasteiger partial charge in [-0.2, -0.15) is 5.10 Å². The van der Waals surface area contributed by atoms with Gasteiger partial charge < -0.3 is 10.6 Å². The second-order valence-electron chi connectivity index (χ2n) is 4.37. The number of nitrogens with zero attached hydrogens (tertiary/aromatic N) is 3. The molecule has 0 aliphatic carbocycles. The fourth-order valence-electron chi connectivity index (χ4n) is 1.70. The van der Waals surface area contributed by atoms with Gasteiger partial charge in [0.25, 0.3) is 5.91 Å². The van der Waals surface area contributed by atoms with Gasteiger partial charge in [0.1, 0.15) is 4.99 Å². The van der Waals surface area contributed by atoms with Crippen LogP contribution in [0, 0.1) is 0 Å². The maximum absolute atomic E-state index is 11.8. The van der Waals surface area contributed by atoms with E-state index in [-0.39, 0.29) is 10.9 Å². The summed E-state index contributed by atoms with van der Waals surface area (Å²) >= 11 is 11.0. The van der Waals surface area contributed by atoms with Crippen molar-refractivity contribution in [2.45, 2.75) is 0 Å². The van der Waals surface area contributed by atoms with Crippen LogP contribution in [0.3, 0.4) is 0 Å². The molecule has 20 heavy (non-hydrogen) atoms. The number of carbonyl (C=O) groups is 1. The summed E-state index contributed by atoms with van der Waals surface area (Å²) in [5.41, 5.74) is 7.32. The highest BCUT2D eigenvalue weighted by Crippen LogP contribution is 2.20. The van der Waals surface area contributed by atoms with E-state index in [1.54, 1.807) is 44.6 Å². The fourth-order valence-corrected chi connectivity index (χ4v) is 2.04. The molecular formula is C13H13ClN4OS. The number of thiocarbonyl (C=S) groups is 1. The molecule has 5 nitrogen and oxygen atoms in total. The largest absolute Gasteiger partial charge is 0.389 e. The molecule has 0 saturated carbocycles. The molecule has 0 radical (unpaired) electrons. The molecule has 0 spiro atoms. The molecule has 2 aromatic rings. The number of rotatable bonds is 3. The van der Waals surface area contributed by atoms with Crippen molar-refractivity contribution in [3.05, 3.63) is 46.7 Å². The van der Waals surface area contributed by atoms with Gasteiger partial charge in [0.15, 0.2) is 5.69 Å². The molecule has 0 fully saturated rings. The third kappa shape index (κ3) is 2.81. The predicted molar refractivity (Wildman–Crippen MR) is 82.5 cm³/mol. The topological polar surface area (TPSA) is 64.2 Å². The monoisotopic (exact) mass is 308 g/mol. The Hall–Kier alpha value is -1.92. The molecule has 2 N–H and O–H groups in total. The first-order chi connectivity index (χ1) is 9.40. The lowest BCUT2D eigenvalue weighted by atomic mass is 10.2. The first-order valence-corrected chi connectivity index (χ1v) is 6.56. The molecule has 1 amide bonds. The molecule has 0 aliphatic heterocycles. The molecule has 104 valence electrons. The van der Waals surface area contributed by atoms with Gasteiger partial charge in [-0.05, 0) is 24.3 Å². The summed E-state index contributed by atoms with van der Waals surface area (Å²) in [7, 11) is 3.34. The van der Waals surface area contributed by atoms with Crippen molar-refractivity contribution in [3.8, 4) is 5.69 Å². The molecule has 0 aliphatic rings. The summed E-state index contributed by atoms with van der Waals surface area (Å²) in [6.45, 7) is 0. The molecular weight excluding hydrogens is 296 g/mol. The summed E-state index contributed by atoms with van der Waals surface area (Å²) in [6.07, 6.45) is 1.67. The molecule has 0 saturated heterocycles. The average Bonchev–Trinajstić information content (AvgIpc) is 2.86. The number of aromatic nitrogens is 2. The zero-order chi connectivity index (χ0) is 14.9. The highest BCUT2D eigenvalue weighted by molar-refractivity contribution is 7.80. The molecule has 1 aromatic carbocycles. The average molecular weight is 309 g/mol. The zero-order valence-electron chi connectivity index (χ0n) is 11.0. The van der Waals surface area contributed by atoms with E-state index in [2.05, 4.69) is 5.10 Å². The Morgan fingerprint density at radius 2 is 2.10 bits per heavy atom. The Morgan fingerprint density at radius 1 is 1.40 bits per heavy atom. The van der Waals surface area contributed by atoms with Gasteiger partial charge in [0.2, 0.25) is 0 Å². The molecule has 2 rings (SSSR count). The van der Waals surface area contributed by atoms with Gasteiger partial charge in [-0.15, -0.1) is 0 Å². The van der Waals surface area contributed by atoms with E-state index in [0.29, 0.717) is 22.0 Å². The minimum absolute atomic E-state index is 0.178. The molecule has 7 heteroatoms. The molecule has 1 aromatic heterocycles. The van der Waals surface area contributed by atoms with Crippen LogP contribution in [-0.4, -0.2) is 39.7 Å². The van der Waals surface area contributed by atoms with E-state index in [0.717, 1.165) is 0 Å². The van der Waals surface area contributed by atoms with Crippen molar-refractivity contribution in [1.82, 2.24) is 14.7 Å². The van der Waals surface area contributed by atoms with Crippen molar-refractivity contribution in [2.24, 2.45) is 5.73 Å². The highest BCUT2D eigenvalue weighted by Gasteiger charge is 2.14. The smallest absolute Gasteiger partial charge is 0.273 e. The van der Waals surface area contributed by atoms with Crippen LogP contribution in [0.5, 0.6) is 0 Å². The fraction of sp³-hybridized carbons (Fsp3) is 0.154. The molecule has 0 atom stereocenters. The van der Waals surface area contributed by atoms with Crippen LogP contribution in [0.4, 0.5) is 0 Å². The van der Waals surface area contributed by atoms with Crippen LogP contribution < -0.4 is 5.73 Å². The van der Waals surface area contributed by atoms with Gasteiger partial charge in [-0.25, -0.2) is 4.68 Å². The van der Waals surface area contributed by atoms with Crippen molar-refractivity contribution < 1.29 is 4.79 Å². The van der Waals surface area contributed by atoms with Crippen LogP contribution in [0.15, 0.2) is 30.5 Å². The lowest BCUT2D eigenvalue weighted by molar-refractivity contribution is 0.0821. The van der Waals surface area contributed by atoms with Gasteiger partial charge in [-0.3, -0.25) is 4.79 Å². The highest BCUT2D eigenvalue weighted by atomic mass is 35.5. The van der Waals surface area contributed by atoms with E-state index < -0.39 is 0 Å². The van der Waals surface area contributed by atoms with E-state index in [1.165, 1.54) is 9.58 Å². The number of hydrogen-bond acceptors (Lipinski definition) is 3. The number of benzene rings is 1. The van der Waals surface area contributed by atoms with Crippen LogP contribution in [0.1, 0.15) is 16.1 Å². The van der Waals surface area contributed by atoms with Crippen molar-refractivity contribution in [3.63, 3.8) is 0 Å². The van der Waals surface area contributed by atoms with Crippen molar-refractivity contribution in [2.75, 3.05) is 14.1 Å². The van der Waals surface area contributed by atoms with Crippen molar-refractivity contribution >= 4 is 34.7 Å². The first kappa shape index (κ1) is 14.5. The number of halogens is 1. The molecule has 0 unspecified atom stereocenters. The number of nitrogens with two attached hydrogens (primary N) is 1. The minimum Gasteiger partial charge on any atom is -0.389 e. The number of hydrogen-bond donors (Lipinski definition) is 1. The quantitative estimate of drug-likeness (QED) is 0.879. The van der Waals surface area contributed by atoms with Crippen molar-refractivity contribution in [1.29, 1.82) is 0 Å². The van der Waals surface area contributed by atoms with E-state index >= 15 is 0 Å². The Balaban J connectivity index is 2.50. The summed E-state index contributed by atoms with van der Waals surface area (Å²) in [5, 5.41) is 4.78. The summed E-state index contributed by atoms with van der Waals surface area (Å²) in [6, 6.07) is 6.77. The van der Waals surface area contributed by atoms with Gasteiger partial charge in [-0.1, -0.05) is 23.8 Å². The summed E-state index contributed by atoms with van der Waals surface area (Å²) < 4.78 is 1.54. The molecule has 0 bridgehead atoms. The zero-order valence-corrected chi connectivity index (χ0v) is 12.6. The Labute approximate surface area is 126 Å². The second kappa shape index (κ2) is 5.60. The second-order valence-corrected chi connectivity index (χ2v) is 5.25. The van der Waals surface area contributed by atoms with Gasteiger partial charge in [0, 0.05) is 30.9 Å². The SMILES string of the molecule is CN(C)C(=O)c1ccn(-c2cc(Cl)ccc2C(N)=S)n1.